The summed E-state index contributed by atoms with van der Waals surface area (Å²) in [7, 11) is 0. The second-order valence-corrected chi connectivity index (χ2v) is 7.47. The molecule has 3 heterocycles. The van der Waals surface area contributed by atoms with Crippen LogP contribution in [0.3, 0.4) is 0 Å². The Kier molecular flexibility index (Phi) is 4.53. The standard InChI is InChI=1S/C19H15ClN4OS/c1-11(26-19-23-17(20)8-18(21)24-19)15-7-13-14(10-25-16(13)9-22-15)12-5-3-2-4-6-12/h2-11H,1H3,(H2,21,23,24). The first-order valence-corrected chi connectivity index (χ1v) is 9.25. The van der Waals surface area contributed by atoms with Crippen LogP contribution < -0.4 is 5.73 Å². The molecule has 0 radical (unpaired) electrons. The number of halogens is 1. The number of anilines is 1. The third-order valence-electron chi connectivity index (χ3n) is 3.96. The number of pyridine rings is 1. The van der Waals surface area contributed by atoms with Gasteiger partial charge in [-0.2, -0.15) is 0 Å². The number of hydrogen-bond donors (Lipinski definition) is 1. The maximum atomic E-state index is 5.96. The molecule has 0 fully saturated rings. The first kappa shape index (κ1) is 16.9. The molecule has 7 heteroatoms. The summed E-state index contributed by atoms with van der Waals surface area (Å²) in [4.78, 5) is 12.9. The number of rotatable bonds is 4. The van der Waals surface area contributed by atoms with E-state index < -0.39 is 0 Å². The molecule has 26 heavy (non-hydrogen) atoms. The zero-order chi connectivity index (χ0) is 18.1. The van der Waals surface area contributed by atoms with Gasteiger partial charge >= 0.3 is 0 Å². The first-order chi connectivity index (χ1) is 12.6. The van der Waals surface area contributed by atoms with E-state index in [1.807, 2.05) is 31.2 Å². The summed E-state index contributed by atoms with van der Waals surface area (Å²) in [5, 5.41) is 1.91. The number of thioether (sulfide) groups is 1. The molecule has 0 saturated heterocycles. The average Bonchev–Trinajstić information content (AvgIpc) is 3.04. The van der Waals surface area contributed by atoms with E-state index in [1.54, 1.807) is 12.5 Å². The predicted molar refractivity (Wildman–Crippen MR) is 105 cm³/mol. The fraction of sp³-hybridized carbons (Fsp3) is 0.105. The van der Waals surface area contributed by atoms with E-state index in [2.05, 4.69) is 27.1 Å². The minimum Gasteiger partial charge on any atom is -0.462 e. The molecule has 0 amide bonds. The smallest absolute Gasteiger partial charge is 0.191 e. The molecule has 2 N–H and O–H groups in total. The van der Waals surface area contributed by atoms with Crippen molar-refractivity contribution in [2.24, 2.45) is 0 Å². The average molecular weight is 383 g/mol. The van der Waals surface area contributed by atoms with Crippen LogP contribution in [0.15, 0.2) is 64.5 Å². The lowest BCUT2D eigenvalue weighted by Gasteiger charge is -2.10. The maximum Gasteiger partial charge on any atom is 0.191 e. The van der Waals surface area contributed by atoms with Gasteiger partial charge in [0.2, 0.25) is 0 Å². The van der Waals surface area contributed by atoms with E-state index in [9.17, 15) is 0 Å². The summed E-state index contributed by atoms with van der Waals surface area (Å²) in [5.74, 6) is 0.351. The van der Waals surface area contributed by atoms with Crippen molar-refractivity contribution < 1.29 is 4.42 Å². The van der Waals surface area contributed by atoms with Crippen molar-refractivity contribution in [2.75, 3.05) is 5.73 Å². The number of hydrogen-bond acceptors (Lipinski definition) is 6. The van der Waals surface area contributed by atoms with E-state index in [-0.39, 0.29) is 5.25 Å². The topological polar surface area (TPSA) is 77.8 Å². The van der Waals surface area contributed by atoms with Gasteiger partial charge in [-0.15, -0.1) is 0 Å². The lowest BCUT2D eigenvalue weighted by molar-refractivity contribution is 0.615. The highest BCUT2D eigenvalue weighted by molar-refractivity contribution is 7.99. The van der Waals surface area contributed by atoms with Gasteiger partial charge in [0.15, 0.2) is 10.7 Å². The summed E-state index contributed by atoms with van der Waals surface area (Å²) in [5.41, 5.74) is 9.56. The largest absolute Gasteiger partial charge is 0.462 e. The van der Waals surface area contributed by atoms with Crippen LogP contribution in [-0.2, 0) is 0 Å². The molecule has 0 aliphatic heterocycles. The Labute approximate surface area is 159 Å². The van der Waals surface area contributed by atoms with Crippen LogP contribution in [0, 0.1) is 0 Å². The minimum absolute atomic E-state index is 0.0239. The quantitative estimate of drug-likeness (QED) is 0.290. The van der Waals surface area contributed by atoms with Crippen LogP contribution in [0.25, 0.3) is 22.1 Å². The van der Waals surface area contributed by atoms with Crippen molar-refractivity contribution >= 4 is 40.1 Å². The van der Waals surface area contributed by atoms with Gasteiger partial charge in [0, 0.05) is 17.0 Å². The fourth-order valence-corrected chi connectivity index (χ4v) is 3.81. The third kappa shape index (κ3) is 3.38. The van der Waals surface area contributed by atoms with E-state index >= 15 is 0 Å². The molecule has 1 atom stereocenters. The zero-order valence-electron chi connectivity index (χ0n) is 13.9. The van der Waals surface area contributed by atoms with E-state index in [1.165, 1.54) is 17.8 Å². The van der Waals surface area contributed by atoms with Gasteiger partial charge in [-0.3, -0.25) is 4.98 Å². The number of nitrogens with two attached hydrogens (primary N) is 1. The van der Waals surface area contributed by atoms with Crippen molar-refractivity contribution in [3.8, 4) is 11.1 Å². The molecule has 0 aliphatic rings. The summed E-state index contributed by atoms with van der Waals surface area (Å²) < 4.78 is 5.66. The normalized spacial score (nSPS) is 12.4. The van der Waals surface area contributed by atoms with Gasteiger partial charge in [0.05, 0.1) is 23.4 Å². The number of furan rings is 1. The van der Waals surface area contributed by atoms with Crippen molar-refractivity contribution in [1.82, 2.24) is 15.0 Å². The van der Waals surface area contributed by atoms with Crippen LogP contribution in [0.4, 0.5) is 5.82 Å². The SMILES string of the molecule is CC(Sc1nc(N)cc(Cl)n1)c1cc2c(-c3ccccc3)coc2cn1. The highest BCUT2D eigenvalue weighted by atomic mass is 35.5. The van der Waals surface area contributed by atoms with Crippen LogP contribution in [-0.4, -0.2) is 15.0 Å². The predicted octanol–water partition coefficient (Wildman–Crippen LogP) is 5.37. The van der Waals surface area contributed by atoms with E-state index in [0.717, 1.165) is 27.8 Å². The Morgan fingerprint density at radius 2 is 1.96 bits per heavy atom. The van der Waals surface area contributed by atoms with E-state index in [4.69, 9.17) is 21.8 Å². The second kappa shape index (κ2) is 6.97. The van der Waals surface area contributed by atoms with Gasteiger partial charge in [0.25, 0.3) is 0 Å². The molecule has 5 nitrogen and oxygen atoms in total. The lowest BCUT2D eigenvalue weighted by atomic mass is 10.0. The molecule has 1 aromatic carbocycles. The summed E-state index contributed by atoms with van der Waals surface area (Å²) in [6.07, 6.45) is 3.52. The highest BCUT2D eigenvalue weighted by Crippen LogP contribution is 2.36. The lowest BCUT2D eigenvalue weighted by Crippen LogP contribution is -1.98. The molecule has 0 bridgehead atoms. The molecule has 1 unspecified atom stereocenters. The third-order valence-corrected chi connectivity index (χ3v) is 5.14. The molecular weight excluding hydrogens is 368 g/mol. The van der Waals surface area contributed by atoms with Crippen molar-refractivity contribution in [1.29, 1.82) is 0 Å². The molecule has 0 aliphatic carbocycles. The summed E-state index contributed by atoms with van der Waals surface area (Å²) in [6.45, 7) is 2.04. The molecule has 4 rings (SSSR count). The number of fused-ring (bicyclic) bond motifs is 1. The van der Waals surface area contributed by atoms with Crippen molar-refractivity contribution in [3.63, 3.8) is 0 Å². The van der Waals surface area contributed by atoms with Gasteiger partial charge in [0.1, 0.15) is 11.0 Å². The van der Waals surface area contributed by atoms with Crippen LogP contribution >= 0.6 is 23.4 Å². The van der Waals surface area contributed by atoms with Crippen LogP contribution in [0.5, 0.6) is 0 Å². The van der Waals surface area contributed by atoms with Gasteiger partial charge in [-0.1, -0.05) is 53.7 Å². The number of benzene rings is 1. The molecule has 3 aromatic heterocycles. The molecule has 0 spiro atoms. The van der Waals surface area contributed by atoms with E-state index in [0.29, 0.717) is 16.1 Å². The highest BCUT2D eigenvalue weighted by Gasteiger charge is 2.15. The Hall–Kier alpha value is -2.57. The Morgan fingerprint density at radius 3 is 2.73 bits per heavy atom. The number of nitrogens with zero attached hydrogens (tertiary/aromatic N) is 3. The molecule has 0 saturated carbocycles. The fourth-order valence-electron chi connectivity index (χ4n) is 2.70. The number of nitrogen functional groups attached to an aromatic ring is 1. The Balaban J connectivity index is 1.68. The van der Waals surface area contributed by atoms with Crippen molar-refractivity contribution in [2.45, 2.75) is 17.3 Å². The van der Waals surface area contributed by atoms with Crippen LogP contribution in [0.2, 0.25) is 5.15 Å². The molecule has 4 aromatic rings. The number of aromatic nitrogens is 3. The maximum absolute atomic E-state index is 5.96. The van der Waals surface area contributed by atoms with Gasteiger partial charge in [-0.25, -0.2) is 9.97 Å². The summed E-state index contributed by atoms with van der Waals surface area (Å²) in [6, 6.07) is 13.7. The summed E-state index contributed by atoms with van der Waals surface area (Å²) >= 11 is 7.42. The van der Waals surface area contributed by atoms with Gasteiger partial charge < -0.3 is 10.2 Å². The molecular formula is C19H15ClN4OS. The Morgan fingerprint density at radius 1 is 1.15 bits per heavy atom. The Bertz CT molecular complexity index is 1050. The zero-order valence-corrected chi connectivity index (χ0v) is 15.5. The van der Waals surface area contributed by atoms with Crippen molar-refractivity contribution in [3.05, 3.63) is 65.8 Å². The minimum atomic E-state index is 0.0239. The first-order valence-electron chi connectivity index (χ1n) is 7.99. The monoisotopic (exact) mass is 382 g/mol. The van der Waals surface area contributed by atoms with Crippen LogP contribution in [0.1, 0.15) is 17.9 Å². The molecule has 130 valence electrons. The second-order valence-electron chi connectivity index (χ2n) is 5.78. The van der Waals surface area contributed by atoms with Gasteiger partial charge in [-0.05, 0) is 18.6 Å².